The number of piperidine rings is 1. The van der Waals surface area contributed by atoms with Gasteiger partial charge in [0, 0.05) is 52.9 Å². The van der Waals surface area contributed by atoms with Crippen molar-refractivity contribution in [3.8, 4) is 0 Å². The number of hydrogen-bond acceptors (Lipinski definition) is 3. The molecule has 2 heterocycles. The zero-order chi connectivity index (χ0) is 20.5. The highest BCUT2D eigenvalue weighted by molar-refractivity contribution is 5.80. The summed E-state index contributed by atoms with van der Waals surface area (Å²) in [6, 6.07) is 8.88. The van der Waals surface area contributed by atoms with E-state index in [0.29, 0.717) is 12.5 Å². The van der Waals surface area contributed by atoms with Crippen molar-refractivity contribution in [1.82, 2.24) is 20.0 Å². The van der Waals surface area contributed by atoms with E-state index in [0.717, 1.165) is 77.5 Å². The molecule has 1 N–H and O–H groups in total. The smallest absolute Gasteiger partial charge is 0.236 e. The van der Waals surface area contributed by atoms with Crippen LogP contribution in [0, 0.1) is 0 Å². The van der Waals surface area contributed by atoms with Gasteiger partial charge >= 0.3 is 0 Å². The molecule has 6 nitrogen and oxygen atoms in total. The van der Waals surface area contributed by atoms with Gasteiger partial charge in [0.2, 0.25) is 5.91 Å². The minimum absolute atomic E-state index is 0.301. The quantitative estimate of drug-likeness (QED) is 0.587. The summed E-state index contributed by atoms with van der Waals surface area (Å²) >= 11 is 0. The van der Waals surface area contributed by atoms with Gasteiger partial charge in [-0.3, -0.25) is 14.7 Å². The van der Waals surface area contributed by atoms with Crippen molar-refractivity contribution in [2.45, 2.75) is 39.0 Å². The molecule has 2 aliphatic rings. The van der Waals surface area contributed by atoms with Crippen LogP contribution in [0.25, 0.3) is 0 Å². The molecule has 0 radical (unpaired) electrons. The minimum Gasteiger partial charge on any atom is -0.356 e. The summed E-state index contributed by atoms with van der Waals surface area (Å²) in [7, 11) is 1.85. The number of hydrogen-bond donors (Lipinski definition) is 1. The lowest BCUT2D eigenvalue weighted by molar-refractivity contribution is -0.133. The van der Waals surface area contributed by atoms with Crippen molar-refractivity contribution in [2.24, 2.45) is 4.99 Å². The maximum absolute atomic E-state index is 12.5. The van der Waals surface area contributed by atoms with Gasteiger partial charge in [0.15, 0.2) is 5.96 Å². The summed E-state index contributed by atoms with van der Waals surface area (Å²) in [5.74, 6) is 1.27. The standard InChI is InChI=1S/C23H37N5O/c1-3-20-7-9-21(10-8-20)11-12-25-23(24-2)28-17-15-26(16-18-28)19-22(29)27-13-5-4-6-14-27/h7-10H,3-6,11-19H2,1-2H3,(H,24,25). The van der Waals surface area contributed by atoms with Crippen molar-refractivity contribution in [3.63, 3.8) is 0 Å². The van der Waals surface area contributed by atoms with Crippen molar-refractivity contribution < 1.29 is 4.79 Å². The van der Waals surface area contributed by atoms with Crippen LogP contribution in [-0.4, -0.2) is 86.0 Å². The second kappa shape index (κ2) is 11.2. The third-order valence-electron chi connectivity index (χ3n) is 6.08. The highest BCUT2D eigenvalue weighted by Gasteiger charge is 2.23. The van der Waals surface area contributed by atoms with E-state index in [4.69, 9.17) is 0 Å². The molecule has 0 aliphatic carbocycles. The molecule has 2 aliphatic heterocycles. The van der Waals surface area contributed by atoms with Crippen LogP contribution in [0.5, 0.6) is 0 Å². The van der Waals surface area contributed by atoms with E-state index in [1.807, 2.05) is 11.9 Å². The molecule has 29 heavy (non-hydrogen) atoms. The Morgan fingerprint density at radius 1 is 0.931 bits per heavy atom. The number of amides is 1. The number of benzene rings is 1. The summed E-state index contributed by atoms with van der Waals surface area (Å²) in [5.41, 5.74) is 2.74. The molecule has 3 rings (SSSR count). The molecular formula is C23H37N5O. The van der Waals surface area contributed by atoms with Crippen molar-refractivity contribution in [1.29, 1.82) is 0 Å². The van der Waals surface area contributed by atoms with Gasteiger partial charge in [0.25, 0.3) is 0 Å². The molecule has 2 saturated heterocycles. The number of piperazine rings is 1. The van der Waals surface area contributed by atoms with Crippen LogP contribution >= 0.6 is 0 Å². The predicted molar refractivity (Wildman–Crippen MR) is 119 cm³/mol. The SMILES string of the molecule is CCc1ccc(CCNC(=NC)N2CCN(CC(=O)N3CCCCC3)CC2)cc1. The first kappa shape index (κ1) is 21.6. The van der Waals surface area contributed by atoms with Crippen LogP contribution in [0.2, 0.25) is 0 Å². The number of nitrogens with one attached hydrogen (secondary N) is 1. The second-order valence-electron chi connectivity index (χ2n) is 8.10. The Balaban J connectivity index is 1.38. The summed E-state index contributed by atoms with van der Waals surface area (Å²) in [6.07, 6.45) is 5.65. The number of guanidine groups is 1. The van der Waals surface area contributed by atoms with E-state index in [1.165, 1.54) is 17.5 Å². The summed E-state index contributed by atoms with van der Waals surface area (Å²) in [4.78, 5) is 23.6. The second-order valence-corrected chi connectivity index (χ2v) is 8.10. The lowest BCUT2D eigenvalue weighted by Crippen LogP contribution is -2.54. The fourth-order valence-corrected chi connectivity index (χ4v) is 4.14. The first-order valence-corrected chi connectivity index (χ1v) is 11.2. The van der Waals surface area contributed by atoms with Gasteiger partial charge in [-0.05, 0) is 43.2 Å². The van der Waals surface area contributed by atoms with Crippen LogP contribution in [0.4, 0.5) is 0 Å². The van der Waals surface area contributed by atoms with Crippen LogP contribution in [0.15, 0.2) is 29.3 Å². The van der Waals surface area contributed by atoms with Gasteiger partial charge in [-0.25, -0.2) is 0 Å². The molecule has 0 saturated carbocycles. The monoisotopic (exact) mass is 399 g/mol. The average Bonchev–Trinajstić information content (AvgIpc) is 2.78. The van der Waals surface area contributed by atoms with Crippen molar-refractivity contribution in [2.75, 3.05) is 59.4 Å². The fourth-order valence-electron chi connectivity index (χ4n) is 4.14. The van der Waals surface area contributed by atoms with Crippen LogP contribution in [-0.2, 0) is 17.6 Å². The molecule has 0 unspecified atom stereocenters. The first-order chi connectivity index (χ1) is 14.2. The predicted octanol–water partition coefficient (Wildman–Crippen LogP) is 2.00. The number of aryl methyl sites for hydroxylation is 1. The molecule has 0 atom stereocenters. The Bertz CT molecular complexity index is 658. The maximum atomic E-state index is 12.5. The zero-order valence-electron chi connectivity index (χ0n) is 18.2. The molecule has 0 bridgehead atoms. The molecular weight excluding hydrogens is 362 g/mol. The summed E-state index contributed by atoms with van der Waals surface area (Å²) in [6.45, 7) is 9.17. The van der Waals surface area contributed by atoms with Crippen molar-refractivity contribution in [3.05, 3.63) is 35.4 Å². The molecule has 1 aromatic rings. The maximum Gasteiger partial charge on any atom is 0.236 e. The normalized spacial score (nSPS) is 18.8. The molecule has 1 aromatic carbocycles. The zero-order valence-corrected chi connectivity index (χ0v) is 18.2. The van der Waals surface area contributed by atoms with E-state index in [-0.39, 0.29) is 0 Å². The molecule has 0 spiro atoms. The summed E-state index contributed by atoms with van der Waals surface area (Å²) in [5, 5.41) is 3.51. The Kier molecular flexibility index (Phi) is 8.35. The minimum atomic E-state index is 0.301. The Morgan fingerprint density at radius 3 is 2.21 bits per heavy atom. The van der Waals surface area contributed by atoms with E-state index in [2.05, 4.69) is 51.3 Å². The molecule has 6 heteroatoms. The topological polar surface area (TPSA) is 51.2 Å². The molecule has 0 aromatic heterocycles. The highest BCUT2D eigenvalue weighted by atomic mass is 16.2. The van der Waals surface area contributed by atoms with Gasteiger partial charge in [-0.2, -0.15) is 0 Å². The van der Waals surface area contributed by atoms with E-state index in [9.17, 15) is 4.79 Å². The number of likely N-dealkylation sites (tertiary alicyclic amines) is 1. The van der Waals surface area contributed by atoms with Gasteiger partial charge < -0.3 is 15.1 Å². The average molecular weight is 400 g/mol. The third kappa shape index (κ3) is 6.46. The summed E-state index contributed by atoms with van der Waals surface area (Å²) < 4.78 is 0. The molecule has 160 valence electrons. The van der Waals surface area contributed by atoms with Gasteiger partial charge in [0.05, 0.1) is 6.54 Å². The number of carbonyl (C=O) groups is 1. The first-order valence-electron chi connectivity index (χ1n) is 11.2. The third-order valence-corrected chi connectivity index (χ3v) is 6.08. The number of aliphatic imine (C=N–C) groups is 1. The largest absolute Gasteiger partial charge is 0.356 e. The molecule has 1 amide bonds. The van der Waals surface area contributed by atoms with Crippen LogP contribution < -0.4 is 5.32 Å². The Labute approximate surface area is 176 Å². The van der Waals surface area contributed by atoms with Gasteiger partial charge in [0.1, 0.15) is 0 Å². The number of carbonyl (C=O) groups excluding carboxylic acids is 1. The van der Waals surface area contributed by atoms with Crippen molar-refractivity contribution >= 4 is 11.9 Å². The van der Waals surface area contributed by atoms with E-state index in [1.54, 1.807) is 0 Å². The number of nitrogens with zero attached hydrogens (tertiary/aromatic N) is 4. The van der Waals surface area contributed by atoms with E-state index < -0.39 is 0 Å². The van der Waals surface area contributed by atoms with Crippen LogP contribution in [0.1, 0.15) is 37.3 Å². The highest BCUT2D eigenvalue weighted by Crippen LogP contribution is 2.10. The molecule has 2 fully saturated rings. The lowest BCUT2D eigenvalue weighted by atomic mass is 10.1. The van der Waals surface area contributed by atoms with Gasteiger partial charge in [-0.15, -0.1) is 0 Å². The van der Waals surface area contributed by atoms with E-state index >= 15 is 0 Å². The van der Waals surface area contributed by atoms with Gasteiger partial charge in [-0.1, -0.05) is 31.2 Å². The number of rotatable bonds is 6. The Morgan fingerprint density at radius 2 is 1.59 bits per heavy atom. The van der Waals surface area contributed by atoms with Crippen LogP contribution in [0.3, 0.4) is 0 Å². The Hall–Kier alpha value is -2.08. The lowest BCUT2D eigenvalue weighted by Gasteiger charge is -2.37. The fraction of sp³-hybridized carbons (Fsp3) is 0.652.